The summed E-state index contributed by atoms with van der Waals surface area (Å²) in [5, 5.41) is 9.43. The Hall–Kier alpha value is -1.92. The highest BCUT2D eigenvalue weighted by molar-refractivity contribution is 5.80. The molecule has 1 fully saturated rings. The topological polar surface area (TPSA) is 76.1 Å². The number of benzene rings is 1. The molecule has 2 atom stereocenters. The number of aliphatic carboxylic acids is 1. The molecule has 0 saturated carbocycles. The van der Waals surface area contributed by atoms with Crippen molar-refractivity contribution in [2.75, 3.05) is 39.5 Å². The second-order valence-corrected chi connectivity index (χ2v) is 5.51. The van der Waals surface area contributed by atoms with Crippen molar-refractivity contribution < 1.29 is 24.2 Å². The van der Waals surface area contributed by atoms with Gasteiger partial charge in [-0.3, -0.25) is 9.59 Å². The van der Waals surface area contributed by atoms with Gasteiger partial charge in [0, 0.05) is 25.6 Å². The first-order valence-corrected chi connectivity index (χ1v) is 7.84. The van der Waals surface area contributed by atoms with E-state index >= 15 is 0 Å². The van der Waals surface area contributed by atoms with Crippen LogP contribution in [-0.4, -0.2) is 61.4 Å². The van der Waals surface area contributed by atoms with E-state index in [4.69, 9.17) is 9.47 Å². The van der Waals surface area contributed by atoms with E-state index in [9.17, 15) is 14.7 Å². The molecule has 1 amide bonds. The largest absolute Gasteiger partial charge is 0.481 e. The smallest absolute Gasteiger partial charge is 0.308 e. The zero-order valence-corrected chi connectivity index (χ0v) is 13.3. The fraction of sp³-hybridized carbons (Fsp3) is 0.529. The van der Waals surface area contributed by atoms with E-state index in [1.165, 1.54) is 0 Å². The van der Waals surface area contributed by atoms with Crippen LogP contribution in [0.3, 0.4) is 0 Å². The number of nitrogens with zero attached hydrogens (tertiary/aromatic N) is 1. The Labute approximate surface area is 136 Å². The van der Waals surface area contributed by atoms with Crippen molar-refractivity contribution in [2.24, 2.45) is 5.92 Å². The summed E-state index contributed by atoms with van der Waals surface area (Å²) in [6.07, 6.45) is 0. The molecule has 1 saturated heterocycles. The normalized spacial score (nSPS) is 20.7. The van der Waals surface area contributed by atoms with Crippen molar-refractivity contribution in [3.8, 4) is 0 Å². The molecule has 1 aromatic carbocycles. The second kappa shape index (κ2) is 8.64. The van der Waals surface area contributed by atoms with Crippen LogP contribution in [0.5, 0.6) is 0 Å². The summed E-state index contributed by atoms with van der Waals surface area (Å²) in [4.78, 5) is 25.3. The van der Waals surface area contributed by atoms with E-state index < -0.39 is 11.9 Å². The average molecular weight is 321 g/mol. The van der Waals surface area contributed by atoms with Gasteiger partial charge in [0.2, 0.25) is 5.91 Å². The quantitative estimate of drug-likeness (QED) is 0.732. The minimum Gasteiger partial charge on any atom is -0.481 e. The molecule has 1 aromatic rings. The summed E-state index contributed by atoms with van der Waals surface area (Å²) in [5.41, 5.74) is 0.951. The number of hydrogen-bond donors (Lipinski definition) is 1. The van der Waals surface area contributed by atoms with Crippen molar-refractivity contribution in [2.45, 2.75) is 12.8 Å². The zero-order valence-electron chi connectivity index (χ0n) is 13.3. The first-order valence-electron chi connectivity index (χ1n) is 7.84. The van der Waals surface area contributed by atoms with Crippen LogP contribution in [0.15, 0.2) is 30.3 Å². The van der Waals surface area contributed by atoms with Crippen LogP contribution < -0.4 is 0 Å². The van der Waals surface area contributed by atoms with E-state index in [2.05, 4.69) is 0 Å². The zero-order chi connectivity index (χ0) is 16.7. The molecule has 1 heterocycles. The number of hydrogen-bond acceptors (Lipinski definition) is 4. The molecule has 0 radical (unpaired) electrons. The lowest BCUT2D eigenvalue weighted by molar-refractivity contribution is -0.142. The van der Waals surface area contributed by atoms with Gasteiger partial charge in [-0.2, -0.15) is 0 Å². The van der Waals surface area contributed by atoms with Crippen LogP contribution in [0.1, 0.15) is 18.4 Å². The van der Waals surface area contributed by atoms with E-state index in [0.29, 0.717) is 26.4 Å². The third-order valence-corrected chi connectivity index (χ3v) is 4.02. The first kappa shape index (κ1) is 17.4. The molecule has 1 N–H and O–H groups in total. The molecule has 6 nitrogen and oxygen atoms in total. The van der Waals surface area contributed by atoms with Gasteiger partial charge < -0.3 is 19.5 Å². The van der Waals surface area contributed by atoms with E-state index in [-0.39, 0.29) is 25.0 Å². The van der Waals surface area contributed by atoms with Gasteiger partial charge in [0.1, 0.15) is 6.61 Å². The summed E-state index contributed by atoms with van der Waals surface area (Å²) in [7, 11) is 0. The van der Waals surface area contributed by atoms with Gasteiger partial charge >= 0.3 is 5.97 Å². The fourth-order valence-corrected chi connectivity index (χ4v) is 2.81. The van der Waals surface area contributed by atoms with Crippen LogP contribution in [0.4, 0.5) is 0 Å². The van der Waals surface area contributed by atoms with Gasteiger partial charge in [-0.25, -0.2) is 0 Å². The summed E-state index contributed by atoms with van der Waals surface area (Å²) in [5.74, 6) is -1.80. The summed E-state index contributed by atoms with van der Waals surface area (Å²) >= 11 is 0. The molecule has 0 aliphatic carbocycles. The number of amides is 1. The molecular formula is C17H23NO5. The van der Waals surface area contributed by atoms with E-state index in [1.807, 2.05) is 37.3 Å². The van der Waals surface area contributed by atoms with Crippen LogP contribution in [0.25, 0.3) is 0 Å². The highest BCUT2D eigenvalue weighted by Gasteiger charge is 2.40. The van der Waals surface area contributed by atoms with E-state index in [1.54, 1.807) is 4.90 Å². The maximum absolute atomic E-state index is 12.2. The van der Waals surface area contributed by atoms with Crippen molar-refractivity contribution in [3.05, 3.63) is 35.9 Å². The van der Waals surface area contributed by atoms with Crippen LogP contribution >= 0.6 is 0 Å². The number of likely N-dealkylation sites (tertiary alicyclic amines) is 1. The monoisotopic (exact) mass is 321 g/mol. The van der Waals surface area contributed by atoms with Crippen molar-refractivity contribution >= 4 is 11.9 Å². The predicted molar refractivity (Wildman–Crippen MR) is 84.2 cm³/mol. The molecule has 1 aliphatic heterocycles. The molecule has 0 bridgehead atoms. The molecule has 2 rings (SSSR count). The van der Waals surface area contributed by atoms with Crippen LogP contribution in [0.2, 0.25) is 0 Å². The SMILES string of the molecule is CCOCCOCC(=O)N1CC(C(=O)O)C(c2ccccc2)C1. The number of rotatable bonds is 8. The van der Waals surface area contributed by atoms with Crippen LogP contribution in [0, 0.1) is 5.92 Å². The minimum atomic E-state index is -0.869. The number of carboxylic acids is 1. The van der Waals surface area contributed by atoms with Gasteiger partial charge in [-0.15, -0.1) is 0 Å². The Morgan fingerprint density at radius 2 is 1.87 bits per heavy atom. The van der Waals surface area contributed by atoms with E-state index in [0.717, 1.165) is 5.56 Å². The maximum Gasteiger partial charge on any atom is 0.308 e. The summed E-state index contributed by atoms with van der Waals surface area (Å²) in [6.45, 7) is 3.91. The third kappa shape index (κ3) is 4.77. The third-order valence-electron chi connectivity index (χ3n) is 4.02. The predicted octanol–water partition coefficient (Wildman–Crippen LogP) is 1.37. The highest BCUT2D eigenvalue weighted by atomic mass is 16.5. The fourth-order valence-electron chi connectivity index (χ4n) is 2.81. The number of carboxylic acid groups (broad SMARTS) is 1. The summed E-state index contributed by atoms with van der Waals surface area (Å²) in [6, 6.07) is 9.48. The highest BCUT2D eigenvalue weighted by Crippen LogP contribution is 2.32. The Morgan fingerprint density at radius 1 is 1.17 bits per heavy atom. The standard InChI is InChI=1S/C17H23NO5/c1-2-22-8-9-23-12-16(19)18-10-14(15(11-18)17(20)21)13-6-4-3-5-7-13/h3-7,14-15H,2,8-12H2,1H3,(H,20,21). The summed E-state index contributed by atoms with van der Waals surface area (Å²) < 4.78 is 10.4. The van der Waals surface area contributed by atoms with Crippen LogP contribution in [-0.2, 0) is 19.1 Å². The molecule has 2 unspecified atom stereocenters. The van der Waals surface area contributed by atoms with Crippen molar-refractivity contribution in [3.63, 3.8) is 0 Å². The lowest BCUT2D eigenvalue weighted by atomic mass is 9.89. The second-order valence-electron chi connectivity index (χ2n) is 5.51. The number of ether oxygens (including phenoxy) is 2. The Kier molecular flexibility index (Phi) is 6.55. The maximum atomic E-state index is 12.2. The minimum absolute atomic E-state index is 0.0408. The Bertz CT molecular complexity index is 519. The molecule has 6 heteroatoms. The van der Waals surface area contributed by atoms with Gasteiger partial charge in [0.25, 0.3) is 0 Å². The Morgan fingerprint density at radius 3 is 2.52 bits per heavy atom. The lowest BCUT2D eigenvalue weighted by Gasteiger charge is -2.16. The van der Waals surface area contributed by atoms with Gasteiger partial charge in [0.15, 0.2) is 0 Å². The molecule has 23 heavy (non-hydrogen) atoms. The van der Waals surface area contributed by atoms with Gasteiger partial charge in [0.05, 0.1) is 19.1 Å². The van der Waals surface area contributed by atoms with Gasteiger partial charge in [-0.1, -0.05) is 30.3 Å². The lowest BCUT2D eigenvalue weighted by Crippen LogP contribution is -2.33. The average Bonchev–Trinajstić information content (AvgIpc) is 3.01. The van der Waals surface area contributed by atoms with Gasteiger partial charge in [-0.05, 0) is 12.5 Å². The number of carbonyl (C=O) groups excluding carboxylic acids is 1. The molecule has 0 spiro atoms. The molecule has 126 valence electrons. The Balaban J connectivity index is 1.92. The number of carbonyl (C=O) groups is 2. The molecule has 1 aliphatic rings. The first-order chi connectivity index (χ1) is 11.1. The van der Waals surface area contributed by atoms with Crippen molar-refractivity contribution in [1.29, 1.82) is 0 Å². The van der Waals surface area contributed by atoms with Crippen molar-refractivity contribution in [1.82, 2.24) is 4.90 Å². The molecular weight excluding hydrogens is 298 g/mol. The molecule has 0 aromatic heterocycles.